The van der Waals surface area contributed by atoms with E-state index in [0.29, 0.717) is 15.9 Å². The van der Waals surface area contributed by atoms with Crippen LogP contribution in [0.1, 0.15) is 29.8 Å². The third kappa shape index (κ3) is 5.77. The molecule has 0 aliphatic heterocycles. The molecule has 6 N–H and O–H groups in total. The van der Waals surface area contributed by atoms with Crippen molar-refractivity contribution in [3.05, 3.63) is 44.6 Å². The molecule has 0 saturated heterocycles. The number of aromatic nitrogens is 2. The molecule has 2 rings (SSSR count). The number of carboxylic acids is 1. The molecule has 0 saturated carbocycles. The highest BCUT2D eigenvalue weighted by Gasteiger charge is 2.19. The average molecular weight is 448 g/mol. The summed E-state index contributed by atoms with van der Waals surface area (Å²) < 4.78 is 1.41. The van der Waals surface area contributed by atoms with Gasteiger partial charge in [-0.3, -0.25) is 0 Å². The number of rotatable bonds is 2. The minimum Gasteiger partial charge on any atom is -0.478 e. The Morgan fingerprint density at radius 1 is 1.09 bits per heavy atom. The van der Waals surface area contributed by atoms with E-state index >= 15 is 0 Å². The van der Waals surface area contributed by atoms with Crippen LogP contribution in [0.5, 0.6) is 0 Å². The van der Waals surface area contributed by atoms with Gasteiger partial charge in [-0.1, -0.05) is 0 Å². The molecule has 2 aromatic rings. The fourth-order valence-electron chi connectivity index (χ4n) is 1.56. The van der Waals surface area contributed by atoms with E-state index in [1.807, 2.05) is 0 Å². The van der Waals surface area contributed by atoms with Gasteiger partial charge in [0, 0.05) is 26.9 Å². The van der Waals surface area contributed by atoms with Crippen LogP contribution in [0.25, 0.3) is 0 Å². The number of carbonyl (C=O) groups is 1. The van der Waals surface area contributed by atoms with Crippen molar-refractivity contribution >= 4 is 49.5 Å². The van der Waals surface area contributed by atoms with E-state index in [-0.39, 0.29) is 11.4 Å². The summed E-state index contributed by atoms with van der Waals surface area (Å²) in [5.74, 6) is -0.678. The van der Waals surface area contributed by atoms with Crippen molar-refractivity contribution in [2.24, 2.45) is 0 Å². The molecule has 0 aliphatic carbocycles. The normalized spacial score (nSPS) is 10.7. The SMILES string of the molecule is CC(C)(O)c1cc(Br)cnc1N.Nc1ncc(Br)cc1C(=O)O. The van der Waals surface area contributed by atoms with E-state index in [1.54, 1.807) is 26.1 Å². The molecule has 9 heteroatoms. The van der Waals surface area contributed by atoms with Crippen molar-refractivity contribution in [1.29, 1.82) is 0 Å². The van der Waals surface area contributed by atoms with Gasteiger partial charge in [0.1, 0.15) is 17.2 Å². The first-order valence-electron chi connectivity index (χ1n) is 6.30. The van der Waals surface area contributed by atoms with E-state index < -0.39 is 11.6 Å². The quantitative estimate of drug-likeness (QED) is 0.555. The average Bonchev–Trinajstić information content (AvgIpc) is 2.43. The number of nitrogens with zero attached hydrogens (tertiary/aromatic N) is 2. The summed E-state index contributed by atoms with van der Waals surface area (Å²) in [6.45, 7) is 3.35. The van der Waals surface area contributed by atoms with E-state index in [0.717, 1.165) is 4.47 Å². The van der Waals surface area contributed by atoms with Gasteiger partial charge in [0.25, 0.3) is 0 Å². The zero-order valence-corrected chi connectivity index (χ0v) is 15.6. The number of nitrogens with two attached hydrogens (primary N) is 2. The molecule has 0 unspecified atom stereocenters. The lowest BCUT2D eigenvalue weighted by Gasteiger charge is -2.19. The Kier molecular flexibility index (Phi) is 6.48. The first-order valence-corrected chi connectivity index (χ1v) is 7.89. The minimum absolute atomic E-state index is 0.0133. The van der Waals surface area contributed by atoms with Crippen LogP contribution < -0.4 is 11.5 Å². The summed E-state index contributed by atoms with van der Waals surface area (Å²) in [4.78, 5) is 18.0. The Hall–Kier alpha value is -1.71. The Bertz CT molecular complexity index is 718. The van der Waals surface area contributed by atoms with E-state index in [4.69, 9.17) is 16.6 Å². The van der Waals surface area contributed by atoms with Gasteiger partial charge in [0.15, 0.2) is 0 Å². The van der Waals surface area contributed by atoms with E-state index in [2.05, 4.69) is 41.8 Å². The van der Waals surface area contributed by atoms with Crippen LogP contribution in [-0.4, -0.2) is 26.2 Å². The third-order valence-electron chi connectivity index (χ3n) is 2.66. The Morgan fingerprint density at radius 2 is 1.57 bits per heavy atom. The molecule has 2 heterocycles. The Balaban J connectivity index is 0.000000231. The summed E-state index contributed by atoms with van der Waals surface area (Å²) in [6.07, 6.45) is 3.05. The fourth-order valence-corrected chi connectivity index (χ4v) is 2.22. The molecule has 2 aromatic heterocycles. The molecule has 0 aliphatic rings. The van der Waals surface area contributed by atoms with Crippen molar-refractivity contribution in [1.82, 2.24) is 9.97 Å². The summed E-state index contributed by atoms with van der Waals surface area (Å²) in [6, 6.07) is 3.17. The number of aromatic carboxylic acids is 1. The van der Waals surface area contributed by atoms with Crippen LogP contribution in [0.2, 0.25) is 0 Å². The molecule has 0 amide bonds. The lowest BCUT2D eigenvalue weighted by Crippen LogP contribution is -2.18. The highest BCUT2D eigenvalue weighted by Crippen LogP contribution is 2.26. The molecule has 0 fully saturated rings. The lowest BCUT2D eigenvalue weighted by molar-refractivity contribution is 0.0697. The standard InChI is InChI=1S/C8H11BrN2O.C6H5BrN2O2/c1-8(2,12)6-3-5(9)4-11-7(6)10;7-3-1-4(6(10)11)5(8)9-2-3/h3-4,12H,1-2H3,(H2,10,11);1-2H,(H2,8,9)(H,10,11). The van der Waals surface area contributed by atoms with Crippen molar-refractivity contribution in [2.45, 2.75) is 19.4 Å². The number of carboxylic acid groups (broad SMARTS) is 1. The molecule has 0 radical (unpaired) electrons. The summed E-state index contributed by atoms with van der Waals surface area (Å²) >= 11 is 6.34. The molecule has 0 spiro atoms. The molecule has 7 nitrogen and oxygen atoms in total. The van der Waals surface area contributed by atoms with E-state index in [1.165, 1.54) is 12.3 Å². The number of nitrogen functional groups attached to an aromatic ring is 2. The molecule has 23 heavy (non-hydrogen) atoms. The van der Waals surface area contributed by atoms with E-state index in [9.17, 15) is 9.90 Å². The number of anilines is 2. The van der Waals surface area contributed by atoms with Gasteiger partial charge in [0.05, 0.1) is 5.60 Å². The molecule has 0 aromatic carbocycles. The summed E-state index contributed by atoms with van der Waals surface area (Å²) in [7, 11) is 0. The van der Waals surface area contributed by atoms with Crippen LogP contribution in [0.4, 0.5) is 11.6 Å². The number of hydrogen-bond donors (Lipinski definition) is 4. The minimum atomic E-state index is -1.07. The van der Waals surface area contributed by atoms with Crippen LogP contribution in [0.15, 0.2) is 33.5 Å². The monoisotopic (exact) mass is 446 g/mol. The molecule has 0 atom stereocenters. The number of aliphatic hydroxyl groups is 1. The van der Waals surface area contributed by atoms with Crippen molar-refractivity contribution in [2.75, 3.05) is 11.5 Å². The van der Waals surface area contributed by atoms with Gasteiger partial charge in [-0.25, -0.2) is 14.8 Å². The predicted octanol–water partition coefficient (Wildman–Crippen LogP) is 2.78. The van der Waals surface area contributed by atoms with Crippen molar-refractivity contribution in [3.63, 3.8) is 0 Å². The zero-order chi connectivity index (χ0) is 17.8. The van der Waals surface area contributed by atoms with Gasteiger partial charge >= 0.3 is 5.97 Å². The van der Waals surface area contributed by atoms with Gasteiger partial charge in [-0.15, -0.1) is 0 Å². The second-order valence-corrected chi connectivity index (χ2v) is 6.87. The lowest BCUT2D eigenvalue weighted by atomic mass is 9.99. The molecular formula is C14H16Br2N4O3. The number of pyridine rings is 2. The maximum atomic E-state index is 10.4. The maximum absolute atomic E-state index is 10.4. The van der Waals surface area contributed by atoms with Gasteiger partial charge in [-0.05, 0) is 57.8 Å². The largest absolute Gasteiger partial charge is 0.478 e. The Morgan fingerprint density at radius 3 is 1.96 bits per heavy atom. The maximum Gasteiger partial charge on any atom is 0.339 e. The smallest absolute Gasteiger partial charge is 0.339 e. The number of hydrogen-bond acceptors (Lipinski definition) is 6. The van der Waals surface area contributed by atoms with Crippen LogP contribution in [0.3, 0.4) is 0 Å². The Labute approximate surface area is 150 Å². The highest BCUT2D eigenvalue weighted by atomic mass is 79.9. The third-order valence-corrected chi connectivity index (χ3v) is 3.53. The van der Waals surface area contributed by atoms with Gasteiger partial charge in [0.2, 0.25) is 0 Å². The second kappa shape index (κ2) is 7.71. The molecule has 0 bridgehead atoms. The molecule has 124 valence electrons. The van der Waals surface area contributed by atoms with Crippen LogP contribution in [0, 0.1) is 0 Å². The van der Waals surface area contributed by atoms with Gasteiger partial charge in [-0.2, -0.15) is 0 Å². The van der Waals surface area contributed by atoms with Gasteiger partial charge < -0.3 is 21.7 Å². The van der Waals surface area contributed by atoms with Crippen molar-refractivity contribution in [3.8, 4) is 0 Å². The summed E-state index contributed by atoms with van der Waals surface area (Å²) in [5.41, 5.74) is 10.6. The molecular weight excluding hydrogens is 432 g/mol. The first kappa shape index (κ1) is 19.3. The first-order chi connectivity index (χ1) is 10.5. The highest BCUT2D eigenvalue weighted by molar-refractivity contribution is 9.10. The zero-order valence-electron chi connectivity index (χ0n) is 12.4. The number of halogens is 2. The summed E-state index contributed by atoms with van der Waals surface area (Å²) in [5, 5.41) is 18.2. The van der Waals surface area contributed by atoms with Crippen LogP contribution >= 0.6 is 31.9 Å². The fraction of sp³-hybridized carbons (Fsp3) is 0.214. The predicted molar refractivity (Wildman–Crippen MR) is 94.9 cm³/mol. The second-order valence-electron chi connectivity index (χ2n) is 5.04. The van der Waals surface area contributed by atoms with Crippen molar-refractivity contribution < 1.29 is 15.0 Å². The van der Waals surface area contributed by atoms with Crippen LogP contribution in [-0.2, 0) is 5.60 Å². The topological polar surface area (TPSA) is 135 Å².